The maximum Gasteiger partial charge on any atom is 0.123 e. The van der Waals surface area contributed by atoms with Crippen molar-refractivity contribution in [1.29, 1.82) is 0 Å². The molecule has 2 rings (SSSR count). The van der Waals surface area contributed by atoms with Gasteiger partial charge in [0.05, 0.1) is 0 Å². The molecule has 0 saturated heterocycles. The highest BCUT2D eigenvalue weighted by Crippen LogP contribution is 2.27. The fraction of sp³-hybridized carbons (Fsp3) is 0.300. The standard InChI is InChI=1S/C10H10FNO/c11-8-1-2-10-7(5-8)6-9(12-10)3-4-13/h1-2,4-5,9,12H,3,6H2. The van der Waals surface area contributed by atoms with Crippen molar-refractivity contribution in [3.63, 3.8) is 0 Å². The van der Waals surface area contributed by atoms with E-state index in [9.17, 15) is 9.18 Å². The van der Waals surface area contributed by atoms with Crippen LogP contribution in [0.15, 0.2) is 18.2 Å². The minimum atomic E-state index is -0.215. The Morgan fingerprint density at radius 3 is 3.23 bits per heavy atom. The van der Waals surface area contributed by atoms with E-state index in [1.54, 1.807) is 6.07 Å². The highest BCUT2D eigenvalue weighted by molar-refractivity contribution is 5.60. The maximum absolute atomic E-state index is 12.8. The van der Waals surface area contributed by atoms with Crippen LogP contribution >= 0.6 is 0 Å². The minimum absolute atomic E-state index is 0.147. The van der Waals surface area contributed by atoms with Crippen LogP contribution in [0.2, 0.25) is 0 Å². The van der Waals surface area contributed by atoms with E-state index in [1.807, 2.05) is 0 Å². The van der Waals surface area contributed by atoms with Crippen LogP contribution in [0.1, 0.15) is 12.0 Å². The van der Waals surface area contributed by atoms with Crippen molar-refractivity contribution < 1.29 is 9.18 Å². The lowest BCUT2D eigenvalue weighted by molar-refractivity contribution is -0.108. The van der Waals surface area contributed by atoms with Gasteiger partial charge in [0.25, 0.3) is 0 Å². The Balaban J connectivity index is 2.20. The molecule has 1 aromatic carbocycles. The molecule has 0 saturated carbocycles. The van der Waals surface area contributed by atoms with Crippen molar-refractivity contribution in [1.82, 2.24) is 0 Å². The van der Waals surface area contributed by atoms with Crippen molar-refractivity contribution in [2.24, 2.45) is 0 Å². The largest absolute Gasteiger partial charge is 0.381 e. The van der Waals surface area contributed by atoms with E-state index in [0.717, 1.165) is 24.0 Å². The third kappa shape index (κ3) is 1.54. The number of halogens is 1. The monoisotopic (exact) mass is 179 g/mol. The first-order valence-corrected chi connectivity index (χ1v) is 4.28. The topological polar surface area (TPSA) is 29.1 Å². The second-order valence-electron chi connectivity index (χ2n) is 3.25. The summed E-state index contributed by atoms with van der Waals surface area (Å²) < 4.78 is 12.8. The summed E-state index contributed by atoms with van der Waals surface area (Å²) in [5.74, 6) is -0.215. The average Bonchev–Trinajstić information content (AvgIpc) is 2.46. The smallest absolute Gasteiger partial charge is 0.123 e. The molecular formula is C10H10FNO. The number of hydrogen-bond donors (Lipinski definition) is 1. The molecule has 1 aliphatic rings. The predicted octanol–water partition coefficient (Wildman–Crippen LogP) is 1.75. The lowest BCUT2D eigenvalue weighted by atomic mass is 10.1. The van der Waals surface area contributed by atoms with Crippen molar-refractivity contribution in [3.05, 3.63) is 29.6 Å². The summed E-state index contributed by atoms with van der Waals surface area (Å²) in [5.41, 5.74) is 1.92. The molecule has 13 heavy (non-hydrogen) atoms. The summed E-state index contributed by atoms with van der Waals surface area (Å²) >= 11 is 0. The van der Waals surface area contributed by atoms with Gasteiger partial charge < -0.3 is 10.1 Å². The molecule has 1 aliphatic heterocycles. The number of anilines is 1. The number of rotatable bonds is 2. The molecule has 0 aromatic heterocycles. The van der Waals surface area contributed by atoms with Gasteiger partial charge in [-0.05, 0) is 30.2 Å². The first-order valence-electron chi connectivity index (χ1n) is 4.28. The zero-order valence-corrected chi connectivity index (χ0v) is 7.09. The van der Waals surface area contributed by atoms with E-state index in [2.05, 4.69) is 5.32 Å². The average molecular weight is 179 g/mol. The van der Waals surface area contributed by atoms with Crippen LogP contribution in [0.5, 0.6) is 0 Å². The lowest BCUT2D eigenvalue weighted by Crippen LogP contribution is -2.15. The molecule has 1 aromatic rings. The van der Waals surface area contributed by atoms with Crippen LogP contribution < -0.4 is 5.32 Å². The summed E-state index contributed by atoms with van der Waals surface area (Å²) in [6.07, 6.45) is 2.11. The van der Waals surface area contributed by atoms with Crippen LogP contribution in [-0.2, 0) is 11.2 Å². The van der Waals surface area contributed by atoms with Gasteiger partial charge in [-0.15, -0.1) is 0 Å². The van der Waals surface area contributed by atoms with Crippen LogP contribution in [0.3, 0.4) is 0 Å². The van der Waals surface area contributed by atoms with Crippen molar-refractivity contribution in [3.8, 4) is 0 Å². The molecule has 0 aliphatic carbocycles. The Morgan fingerprint density at radius 2 is 2.46 bits per heavy atom. The molecule has 0 bridgehead atoms. The number of hydrogen-bond acceptors (Lipinski definition) is 2. The molecule has 1 atom stereocenters. The van der Waals surface area contributed by atoms with Gasteiger partial charge in [-0.3, -0.25) is 0 Å². The van der Waals surface area contributed by atoms with Crippen molar-refractivity contribution in [2.45, 2.75) is 18.9 Å². The first-order chi connectivity index (χ1) is 6.29. The van der Waals surface area contributed by atoms with Crippen molar-refractivity contribution in [2.75, 3.05) is 5.32 Å². The van der Waals surface area contributed by atoms with Crippen LogP contribution in [0.25, 0.3) is 0 Å². The first kappa shape index (κ1) is 8.23. The van der Waals surface area contributed by atoms with Crippen LogP contribution in [0, 0.1) is 5.82 Å². The molecule has 1 heterocycles. The Hall–Kier alpha value is -1.38. The van der Waals surface area contributed by atoms with Crippen LogP contribution in [0.4, 0.5) is 10.1 Å². The summed E-state index contributed by atoms with van der Waals surface area (Å²) in [6, 6.07) is 4.81. The number of benzene rings is 1. The van der Waals surface area contributed by atoms with Gasteiger partial charge in [-0.25, -0.2) is 4.39 Å². The number of fused-ring (bicyclic) bond motifs is 1. The second kappa shape index (κ2) is 3.17. The Bertz CT molecular complexity index is 338. The quantitative estimate of drug-likeness (QED) is 0.701. The third-order valence-corrected chi connectivity index (χ3v) is 2.27. The fourth-order valence-corrected chi connectivity index (χ4v) is 1.67. The SMILES string of the molecule is O=CCC1Cc2cc(F)ccc2N1. The normalized spacial score (nSPS) is 19.3. The van der Waals surface area contributed by atoms with E-state index in [4.69, 9.17) is 0 Å². The second-order valence-corrected chi connectivity index (χ2v) is 3.25. The van der Waals surface area contributed by atoms with Crippen LogP contribution in [-0.4, -0.2) is 12.3 Å². The van der Waals surface area contributed by atoms with E-state index in [-0.39, 0.29) is 11.9 Å². The Kier molecular flexibility index (Phi) is 2.00. The Morgan fingerprint density at radius 1 is 1.62 bits per heavy atom. The molecule has 1 unspecified atom stereocenters. The molecule has 0 fully saturated rings. The van der Waals surface area contributed by atoms with Gasteiger partial charge in [0.15, 0.2) is 0 Å². The van der Waals surface area contributed by atoms with Gasteiger partial charge in [-0.2, -0.15) is 0 Å². The summed E-state index contributed by atoms with van der Waals surface area (Å²) in [4.78, 5) is 10.3. The van der Waals surface area contributed by atoms with Crippen molar-refractivity contribution >= 4 is 12.0 Å². The minimum Gasteiger partial charge on any atom is -0.381 e. The number of carbonyl (C=O) groups excluding carboxylic acids is 1. The number of nitrogens with one attached hydrogen (secondary N) is 1. The van der Waals surface area contributed by atoms with E-state index < -0.39 is 0 Å². The molecular weight excluding hydrogens is 169 g/mol. The number of carbonyl (C=O) groups is 1. The predicted molar refractivity (Wildman–Crippen MR) is 48.2 cm³/mol. The van der Waals surface area contributed by atoms with E-state index >= 15 is 0 Å². The maximum atomic E-state index is 12.8. The molecule has 0 radical (unpaired) electrons. The molecule has 2 nitrogen and oxygen atoms in total. The van der Waals surface area contributed by atoms with Gasteiger partial charge in [0, 0.05) is 18.2 Å². The highest BCUT2D eigenvalue weighted by atomic mass is 19.1. The third-order valence-electron chi connectivity index (χ3n) is 2.27. The molecule has 68 valence electrons. The van der Waals surface area contributed by atoms with Gasteiger partial charge in [0.2, 0.25) is 0 Å². The van der Waals surface area contributed by atoms with Gasteiger partial charge in [-0.1, -0.05) is 0 Å². The molecule has 0 amide bonds. The van der Waals surface area contributed by atoms with E-state index in [0.29, 0.717) is 6.42 Å². The number of aldehydes is 1. The van der Waals surface area contributed by atoms with E-state index in [1.165, 1.54) is 12.1 Å². The zero-order valence-electron chi connectivity index (χ0n) is 7.09. The summed E-state index contributed by atoms with van der Waals surface area (Å²) in [6.45, 7) is 0. The highest BCUT2D eigenvalue weighted by Gasteiger charge is 2.19. The molecule has 3 heteroatoms. The summed E-state index contributed by atoms with van der Waals surface area (Å²) in [7, 11) is 0. The molecule has 0 spiro atoms. The van der Waals surface area contributed by atoms with Gasteiger partial charge >= 0.3 is 0 Å². The zero-order chi connectivity index (χ0) is 9.26. The fourth-order valence-electron chi connectivity index (χ4n) is 1.67. The lowest BCUT2D eigenvalue weighted by Gasteiger charge is -2.04. The summed E-state index contributed by atoms with van der Waals surface area (Å²) in [5, 5.41) is 3.16. The van der Waals surface area contributed by atoms with Gasteiger partial charge in [0.1, 0.15) is 12.1 Å². The Labute approximate surface area is 75.8 Å². The molecule has 1 N–H and O–H groups in total.